The van der Waals surface area contributed by atoms with Crippen molar-refractivity contribution in [1.29, 1.82) is 0 Å². The van der Waals surface area contributed by atoms with Crippen molar-refractivity contribution in [3.05, 3.63) is 0 Å². The van der Waals surface area contributed by atoms with Gasteiger partial charge in [0.2, 0.25) is 0 Å². The van der Waals surface area contributed by atoms with E-state index in [2.05, 4.69) is 16.8 Å². The molecule has 0 radical (unpaired) electrons. The molecule has 1 fully saturated rings. The largest absolute Gasteiger partial charge is 0.292 e. The molecule has 2 heteroatoms. The summed E-state index contributed by atoms with van der Waals surface area (Å²) in [6.07, 6.45) is 5.49. The highest BCUT2D eigenvalue weighted by Gasteiger charge is 2.22. The molecule has 2 aliphatic rings. The van der Waals surface area contributed by atoms with Gasteiger partial charge in [-0.05, 0) is 19.3 Å². The Morgan fingerprint density at radius 1 is 1.40 bits per heavy atom. The Bertz CT molecular complexity index is 153. The summed E-state index contributed by atoms with van der Waals surface area (Å²) in [6, 6.07) is 0. The smallest absolute Gasteiger partial charge is 0.0480 e. The summed E-state index contributed by atoms with van der Waals surface area (Å²) in [5.74, 6) is 1.26. The Morgan fingerprint density at radius 3 is 3.30 bits per heavy atom. The monoisotopic (exact) mass is 155 g/mol. The molecule has 0 spiro atoms. The van der Waals surface area contributed by atoms with Crippen LogP contribution in [-0.2, 0) is 0 Å². The molecule has 56 valence electrons. The van der Waals surface area contributed by atoms with Crippen molar-refractivity contribution >= 4 is 17.5 Å². The topological polar surface area (TPSA) is 12.4 Å². The molecule has 0 aromatic heterocycles. The first-order valence-electron chi connectivity index (χ1n) is 4.11. The van der Waals surface area contributed by atoms with Gasteiger partial charge in [-0.15, -0.1) is 0 Å². The Kier molecular flexibility index (Phi) is 1.98. The fourth-order valence-corrected chi connectivity index (χ4v) is 2.91. The zero-order chi connectivity index (χ0) is 6.81. The zero-order valence-electron chi connectivity index (χ0n) is 6.18. The molecule has 0 aromatic rings. The fraction of sp³-hybridized carbons (Fsp3) is 0.875. The second-order valence-electron chi connectivity index (χ2n) is 2.98. The molecular weight excluding hydrogens is 142 g/mol. The van der Waals surface area contributed by atoms with Crippen LogP contribution in [0.3, 0.4) is 0 Å². The number of thioether (sulfide) groups is 1. The summed E-state index contributed by atoms with van der Waals surface area (Å²) in [4.78, 5) is 4.55. The molecule has 0 saturated heterocycles. The summed E-state index contributed by atoms with van der Waals surface area (Å²) >= 11 is 2.12. The fourth-order valence-electron chi connectivity index (χ4n) is 1.71. The lowest BCUT2D eigenvalue weighted by atomic mass is 9.98. The molecule has 1 saturated carbocycles. The summed E-state index contributed by atoms with van der Waals surface area (Å²) in [7, 11) is 0. The standard InChI is InChI=1S/C8H13NS/c1-2-4-8-7(3-1)9-5-6-10-8/h8H,1-6H2. The van der Waals surface area contributed by atoms with Crippen LogP contribution >= 0.6 is 11.8 Å². The van der Waals surface area contributed by atoms with E-state index < -0.39 is 0 Å². The van der Waals surface area contributed by atoms with Crippen LogP contribution < -0.4 is 0 Å². The van der Waals surface area contributed by atoms with Crippen LogP contribution in [0.4, 0.5) is 0 Å². The van der Waals surface area contributed by atoms with Crippen molar-refractivity contribution in [2.24, 2.45) is 4.99 Å². The van der Waals surface area contributed by atoms with E-state index in [4.69, 9.17) is 0 Å². The summed E-state index contributed by atoms with van der Waals surface area (Å²) in [6.45, 7) is 1.08. The quantitative estimate of drug-likeness (QED) is 0.522. The Hall–Kier alpha value is 0.0200. The van der Waals surface area contributed by atoms with Crippen LogP contribution in [-0.4, -0.2) is 23.3 Å². The molecule has 0 aromatic carbocycles. The molecule has 1 aliphatic heterocycles. The molecule has 1 aliphatic carbocycles. The third kappa shape index (κ3) is 1.22. The molecule has 0 bridgehead atoms. The second-order valence-corrected chi connectivity index (χ2v) is 4.29. The van der Waals surface area contributed by atoms with Crippen molar-refractivity contribution < 1.29 is 0 Å². The first-order valence-corrected chi connectivity index (χ1v) is 5.16. The molecule has 1 unspecified atom stereocenters. The van der Waals surface area contributed by atoms with Gasteiger partial charge in [0.15, 0.2) is 0 Å². The van der Waals surface area contributed by atoms with Crippen LogP contribution in [0.1, 0.15) is 25.7 Å². The van der Waals surface area contributed by atoms with Crippen molar-refractivity contribution in [2.45, 2.75) is 30.9 Å². The highest BCUT2D eigenvalue weighted by Crippen LogP contribution is 2.28. The highest BCUT2D eigenvalue weighted by atomic mass is 32.2. The number of hydrogen-bond donors (Lipinski definition) is 0. The van der Waals surface area contributed by atoms with Gasteiger partial charge in [0, 0.05) is 23.3 Å². The Labute approximate surface area is 66.3 Å². The first kappa shape index (κ1) is 6.71. The number of aliphatic imine (C=N–C) groups is 1. The number of hydrogen-bond acceptors (Lipinski definition) is 2. The third-order valence-corrected chi connectivity index (χ3v) is 3.57. The van der Waals surface area contributed by atoms with Crippen molar-refractivity contribution in [1.82, 2.24) is 0 Å². The Balaban J connectivity index is 2.08. The lowest BCUT2D eigenvalue weighted by molar-refractivity contribution is 0.668. The predicted molar refractivity (Wildman–Crippen MR) is 47.0 cm³/mol. The van der Waals surface area contributed by atoms with E-state index in [0.717, 1.165) is 11.8 Å². The van der Waals surface area contributed by atoms with Gasteiger partial charge < -0.3 is 0 Å². The highest BCUT2D eigenvalue weighted by molar-refractivity contribution is 8.00. The maximum atomic E-state index is 4.55. The summed E-state index contributed by atoms with van der Waals surface area (Å²) < 4.78 is 0. The number of fused-ring (bicyclic) bond motifs is 1. The van der Waals surface area contributed by atoms with E-state index in [1.54, 1.807) is 0 Å². The Morgan fingerprint density at radius 2 is 2.40 bits per heavy atom. The first-order chi connectivity index (χ1) is 4.97. The maximum absolute atomic E-state index is 4.55. The molecule has 0 N–H and O–H groups in total. The van der Waals surface area contributed by atoms with E-state index in [9.17, 15) is 0 Å². The molecule has 10 heavy (non-hydrogen) atoms. The van der Waals surface area contributed by atoms with Gasteiger partial charge in [0.25, 0.3) is 0 Å². The maximum Gasteiger partial charge on any atom is 0.0480 e. The lowest BCUT2D eigenvalue weighted by Gasteiger charge is -2.26. The predicted octanol–water partition coefficient (Wildman–Crippen LogP) is 2.12. The third-order valence-electron chi connectivity index (χ3n) is 2.25. The van der Waals surface area contributed by atoms with E-state index in [-0.39, 0.29) is 0 Å². The molecule has 2 rings (SSSR count). The van der Waals surface area contributed by atoms with Crippen LogP contribution in [0, 0.1) is 0 Å². The van der Waals surface area contributed by atoms with Crippen molar-refractivity contribution in [3.8, 4) is 0 Å². The van der Waals surface area contributed by atoms with Crippen LogP contribution in [0.25, 0.3) is 0 Å². The van der Waals surface area contributed by atoms with Crippen molar-refractivity contribution in [3.63, 3.8) is 0 Å². The zero-order valence-corrected chi connectivity index (χ0v) is 6.99. The van der Waals surface area contributed by atoms with Gasteiger partial charge in [-0.2, -0.15) is 11.8 Å². The minimum Gasteiger partial charge on any atom is -0.292 e. The molecule has 1 atom stereocenters. The van der Waals surface area contributed by atoms with Gasteiger partial charge >= 0.3 is 0 Å². The van der Waals surface area contributed by atoms with Gasteiger partial charge in [-0.1, -0.05) is 6.42 Å². The minimum absolute atomic E-state index is 0.822. The van der Waals surface area contributed by atoms with Gasteiger partial charge in [-0.25, -0.2) is 0 Å². The molecule has 0 amide bonds. The second kappa shape index (κ2) is 2.95. The minimum atomic E-state index is 0.822. The normalized spacial score (nSPS) is 32.8. The molecule has 1 nitrogen and oxygen atoms in total. The number of rotatable bonds is 0. The van der Waals surface area contributed by atoms with Crippen molar-refractivity contribution in [2.75, 3.05) is 12.3 Å². The van der Waals surface area contributed by atoms with E-state index in [1.165, 1.54) is 37.1 Å². The average molecular weight is 155 g/mol. The summed E-state index contributed by atoms with van der Waals surface area (Å²) in [5.41, 5.74) is 1.52. The summed E-state index contributed by atoms with van der Waals surface area (Å²) in [5, 5.41) is 0.822. The van der Waals surface area contributed by atoms with Crippen LogP contribution in [0.15, 0.2) is 4.99 Å². The molecule has 1 heterocycles. The average Bonchev–Trinajstić information content (AvgIpc) is 2.05. The molecular formula is C8H13NS. The van der Waals surface area contributed by atoms with Gasteiger partial charge in [0.1, 0.15) is 0 Å². The van der Waals surface area contributed by atoms with Gasteiger partial charge in [-0.3, -0.25) is 4.99 Å². The van der Waals surface area contributed by atoms with Gasteiger partial charge in [0.05, 0.1) is 0 Å². The van der Waals surface area contributed by atoms with E-state index in [0.29, 0.717) is 0 Å². The van der Waals surface area contributed by atoms with Crippen LogP contribution in [0.2, 0.25) is 0 Å². The number of nitrogens with zero attached hydrogens (tertiary/aromatic N) is 1. The van der Waals surface area contributed by atoms with Crippen LogP contribution in [0.5, 0.6) is 0 Å². The van der Waals surface area contributed by atoms with E-state index >= 15 is 0 Å². The van der Waals surface area contributed by atoms with E-state index in [1.807, 2.05) is 0 Å². The SMILES string of the molecule is C1CCC2SCCN=C2C1. The lowest BCUT2D eigenvalue weighted by Crippen LogP contribution is -2.26.